The van der Waals surface area contributed by atoms with Gasteiger partial charge >= 0.3 is 6.18 Å². The molecule has 2 rings (SSSR count). The molecular weight excluding hydrogens is 267 g/mol. The van der Waals surface area contributed by atoms with Crippen molar-refractivity contribution in [2.75, 3.05) is 26.2 Å². The third kappa shape index (κ3) is 2.29. The van der Waals surface area contributed by atoms with E-state index in [0.717, 1.165) is 0 Å². The van der Waals surface area contributed by atoms with Crippen LogP contribution in [0.5, 0.6) is 0 Å². The second kappa shape index (κ2) is 4.48. The number of nitrogens with zero attached hydrogens (tertiary/aromatic N) is 1. The highest BCUT2D eigenvalue weighted by atomic mass is 19.4. The number of carbonyl (C=O) groups excluding carboxylic acids is 3. The predicted octanol–water partition coefficient (Wildman–Crippen LogP) is -0.987. The lowest BCUT2D eigenvalue weighted by atomic mass is 9.84. The molecule has 0 aromatic carbocycles. The fourth-order valence-electron chi connectivity index (χ4n) is 2.32. The number of alkyl halides is 3. The first-order valence-electron chi connectivity index (χ1n) is 5.66. The molecule has 0 aromatic rings. The van der Waals surface area contributed by atoms with Crippen LogP contribution in [0.4, 0.5) is 13.2 Å². The molecule has 0 bridgehead atoms. The summed E-state index contributed by atoms with van der Waals surface area (Å²) in [4.78, 5) is 35.0. The minimum absolute atomic E-state index is 0.0687. The number of rotatable bonds is 1. The van der Waals surface area contributed by atoms with E-state index in [4.69, 9.17) is 0 Å². The first kappa shape index (κ1) is 13.8. The molecule has 1 unspecified atom stereocenters. The van der Waals surface area contributed by atoms with E-state index >= 15 is 0 Å². The number of piperazine rings is 1. The van der Waals surface area contributed by atoms with Crippen LogP contribution in [0, 0.1) is 5.41 Å². The predicted molar refractivity (Wildman–Crippen MR) is 55.7 cm³/mol. The monoisotopic (exact) mass is 279 g/mol. The van der Waals surface area contributed by atoms with E-state index in [1.54, 1.807) is 0 Å². The van der Waals surface area contributed by atoms with E-state index < -0.39 is 48.9 Å². The van der Waals surface area contributed by atoms with Gasteiger partial charge in [0.1, 0.15) is 13.1 Å². The number of imide groups is 1. The number of amides is 3. The molecule has 9 heteroatoms. The molecule has 2 aliphatic rings. The Morgan fingerprint density at radius 3 is 2.21 bits per heavy atom. The minimum Gasteiger partial charge on any atom is -0.323 e. The maximum Gasteiger partial charge on any atom is 0.404 e. The molecule has 2 N–H and O–H groups in total. The lowest BCUT2D eigenvalue weighted by Gasteiger charge is -2.36. The van der Waals surface area contributed by atoms with Gasteiger partial charge in [0, 0.05) is 6.54 Å². The summed E-state index contributed by atoms with van der Waals surface area (Å²) in [6.45, 7) is -1.51. The summed E-state index contributed by atoms with van der Waals surface area (Å²) in [6, 6.07) is 0. The van der Waals surface area contributed by atoms with E-state index in [1.165, 1.54) is 0 Å². The highest BCUT2D eigenvalue weighted by Crippen LogP contribution is 2.44. The van der Waals surface area contributed by atoms with Gasteiger partial charge in [0.15, 0.2) is 5.41 Å². The van der Waals surface area contributed by atoms with Crippen LogP contribution in [0.15, 0.2) is 0 Å². The van der Waals surface area contributed by atoms with Gasteiger partial charge in [-0.05, 0) is 13.0 Å². The summed E-state index contributed by atoms with van der Waals surface area (Å²) >= 11 is 0. The first-order chi connectivity index (χ1) is 8.76. The summed E-state index contributed by atoms with van der Waals surface area (Å²) in [5.41, 5.74) is -2.54. The van der Waals surface area contributed by atoms with Crippen LogP contribution < -0.4 is 10.6 Å². The molecule has 6 nitrogen and oxygen atoms in total. The van der Waals surface area contributed by atoms with Gasteiger partial charge in [0.2, 0.25) is 17.7 Å². The molecule has 0 saturated carbocycles. The van der Waals surface area contributed by atoms with E-state index in [0.29, 0.717) is 4.90 Å². The van der Waals surface area contributed by atoms with Gasteiger partial charge in [-0.3, -0.25) is 19.7 Å². The van der Waals surface area contributed by atoms with Crippen molar-refractivity contribution < 1.29 is 27.6 Å². The Bertz CT molecular complexity index is 413. The van der Waals surface area contributed by atoms with E-state index in [1.807, 2.05) is 5.32 Å². The number of nitrogens with one attached hydrogen (secondary N) is 2. The Labute approximate surface area is 106 Å². The zero-order valence-corrected chi connectivity index (χ0v) is 9.84. The van der Waals surface area contributed by atoms with Gasteiger partial charge in [0.25, 0.3) is 0 Å². The lowest BCUT2D eigenvalue weighted by Crippen LogP contribution is -2.60. The summed E-state index contributed by atoms with van der Waals surface area (Å²) in [6.07, 6.45) is -5.10. The van der Waals surface area contributed by atoms with Crippen molar-refractivity contribution in [2.24, 2.45) is 5.41 Å². The lowest BCUT2D eigenvalue weighted by molar-refractivity contribution is -0.222. The van der Waals surface area contributed by atoms with Crippen LogP contribution in [0.1, 0.15) is 6.42 Å². The molecule has 0 aromatic heterocycles. The van der Waals surface area contributed by atoms with Crippen molar-refractivity contribution in [1.29, 1.82) is 0 Å². The molecule has 1 atom stereocenters. The molecule has 2 fully saturated rings. The van der Waals surface area contributed by atoms with Gasteiger partial charge in [-0.25, -0.2) is 0 Å². The van der Waals surface area contributed by atoms with Crippen LogP contribution in [0.2, 0.25) is 0 Å². The van der Waals surface area contributed by atoms with Crippen molar-refractivity contribution >= 4 is 17.7 Å². The zero-order valence-electron chi connectivity index (χ0n) is 9.84. The Hall–Kier alpha value is -1.64. The number of halogens is 3. The zero-order chi connectivity index (χ0) is 14.3. The van der Waals surface area contributed by atoms with Crippen LogP contribution in [0.3, 0.4) is 0 Å². The summed E-state index contributed by atoms with van der Waals surface area (Å²) < 4.78 is 39.4. The second-order valence-electron chi connectivity index (χ2n) is 4.64. The highest BCUT2D eigenvalue weighted by Gasteiger charge is 2.62. The Balaban J connectivity index is 2.26. The Morgan fingerprint density at radius 2 is 1.79 bits per heavy atom. The van der Waals surface area contributed by atoms with E-state index in [2.05, 4.69) is 5.32 Å². The van der Waals surface area contributed by atoms with Crippen molar-refractivity contribution in [3.63, 3.8) is 0 Å². The fraction of sp³-hybridized carbons (Fsp3) is 0.700. The molecule has 106 valence electrons. The van der Waals surface area contributed by atoms with Gasteiger partial charge in [-0.1, -0.05) is 0 Å². The van der Waals surface area contributed by atoms with Gasteiger partial charge in [0.05, 0.1) is 0 Å². The van der Waals surface area contributed by atoms with Gasteiger partial charge in [-0.15, -0.1) is 0 Å². The molecule has 19 heavy (non-hydrogen) atoms. The molecule has 2 saturated heterocycles. The normalized spacial score (nSPS) is 28.5. The summed E-state index contributed by atoms with van der Waals surface area (Å²) in [5, 5.41) is 4.45. The van der Waals surface area contributed by atoms with Crippen molar-refractivity contribution in [1.82, 2.24) is 15.5 Å². The molecular formula is C10H12F3N3O3. The fourth-order valence-corrected chi connectivity index (χ4v) is 2.32. The van der Waals surface area contributed by atoms with Crippen molar-refractivity contribution in [3.05, 3.63) is 0 Å². The van der Waals surface area contributed by atoms with Crippen molar-refractivity contribution in [3.8, 4) is 0 Å². The number of hydrogen-bond acceptors (Lipinski definition) is 4. The SMILES string of the molecule is O=C1CN(C(=O)C2(C(F)(F)F)CCNC2)CC(=O)N1. The third-order valence-electron chi connectivity index (χ3n) is 3.34. The molecule has 0 spiro atoms. The van der Waals surface area contributed by atoms with Crippen LogP contribution in [0.25, 0.3) is 0 Å². The summed E-state index contributed by atoms with van der Waals surface area (Å²) in [5.74, 6) is -2.76. The largest absolute Gasteiger partial charge is 0.404 e. The molecule has 0 radical (unpaired) electrons. The van der Waals surface area contributed by atoms with Crippen LogP contribution in [-0.2, 0) is 14.4 Å². The highest BCUT2D eigenvalue weighted by molar-refractivity contribution is 6.03. The quantitative estimate of drug-likeness (QED) is 0.604. The van der Waals surface area contributed by atoms with Crippen LogP contribution in [-0.4, -0.2) is 55.0 Å². The van der Waals surface area contributed by atoms with Crippen LogP contribution >= 0.6 is 0 Å². The first-order valence-corrected chi connectivity index (χ1v) is 5.66. The maximum atomic E-state index is 13.1. The minimum atomic E-state index is -4.72. The average molecular weight is 279 g/mol. The summed E-state index contributed by atoms with van der Waals surface area (Å²) in [7, 11) is 0. The maximum absolute atomic E-state index is 13.1. The van der Waals surface area contributed by atoms with E-state index in [-0.39, 0.29) is 13.0 Å². The third-order valence-corrected chi connectivity index (χ3v) is 3.34. The topological polar surface area (TPSA) is 78.5 Å². The Morgan fingerprint density at radius 1 is 1.21 bits per heavy atom. The average Bonchev–Trinajstić information content (AvgIpc) is 2.76. The van der Waals surface area contributed by atoms with Crippen molar-refractivity contribution in [2.45, 2.75) is 12.6 Å². The van der Waals surface area contributed by atoms with E-state index in [9.17, 15) is 27.6 Å². The number of carbonyl (C=O) groups is 3. The number of hydrogen-bond donors (Lipinski definition) is 2. The smallest absolute Gasteiger partial charge is 0.323 e. The molecule has 2 heterocycles. The van der Waals surface area contributed by atoms with Gasteiger partial charge in [-0.2, -0.15) is 13.2 Å². The second-order valence-corrected chi connectivity index (χ2v) is 4.64. The standard InChI is InChI=1S/C10H12F3N3O3/c11-10(12,13)9(1-2-14-5-9)8(19)16-3-6(17)15-7(18)4-16/h14H,1-5H2,(H,15,17,18). The van der Waals surface area contributed by atoms with Gasteiger partial charge < -0.3 is 10.2 Å². The molecule has 2 aliphatic heterocycles. The molecule has 0 aliphatic carbocycles. The molecule has 3 amide bonds. The Kier molecular flexibility index (Phi) is 3.25.